The molecule has 1 aromatic carbocycles. The second-order valence-corrected chi connectivity index (χ2v) is 5.62. The Bertz CT molecular complexity index is 690. The first-order valence-corrected chi connectivity index (χ1v) is 7.27. The lowest BCUT2D eigenvalue weighted by Crippen LogP contribution is -2.19. The molecule has 21 heavy (non-hydrogen) atoms. The number of urea groups is 1. The molecule has 0 radical (unpaired) electrons. The minimum atomic E-state index is -0.984. The Labute approximate surface area is 133 Å². The van der Waals surface area contributed by atoms with Gasteiger partial charge in [0.25, 0.3) is 0 Å². The number of benzene rings is 1. The Balaban J connectivity index is 2.00. The van der Waals surface area contributed by atoms with E-state index in [0.717, 1.165) is 11.3 Å². The van der Waals surface area contributed by atoms with Gasteiger partial charge in [0.1, 0.15) is 0 Å². The summed E-state index contributed by atoms with van der Waals surface area (Å²) in [5.41, 5.74) is 0.743. The fourth-order valence-corrected chi connectivity index (χ4v) is 2.49. The SMILES string of the molecule is O=C(O)Cc1csc(NC(=O)Nc2cc(Cl)ccc2Cl)n1. The predicted octanol–water partition coefficient (Wildman–Crippen LogP) is 3.72. The van der Waals surface area contributed by atoms with Gasteiger partial charge in [-0.1, -0.05) is 23.2 Å². The molecule has 0 unspecified atom stereocenters. The number of nitrogens with zero attached hydrogens (tertiary/aromatic N) is 1. The highest BCUT2D eigenvalue weighted by molar-refractivity contribution is 7.14. The number of rotatable bonds is 4. The first-order valence-electron chi connectivity index (χ1n) is 5.63. The Morgan fingerprint density at radius 3 is 2.76 bits per heavy atom. The van der Waals surface area contributed by atoms with Crippen molar-refractivity contribution in [2.24, 2.45) is 0 Å². The van der Waals surface area contributed by atoms with Gasteiger partial charge in [0, 0.05) is 10.4 Å². The lowest BCUT2D eigenvalue weighted by atomic mass is 10.3. The summed E-state index contributed by atoms with van der Waals surface area (Å²) in [6.45, 7) is 0. The number of carboxylic acids is 1. The third-order valence-electron chi connectivity index (χ3n) is 2.28. The topological polar surface area (TPSA) is 91.3 Å². The van der Waals surface area contributed by atoms with E-state index >= 15 is 0 Å². The van der Waals surface area contributed by atoms with E-state index in [4.69, 9.17) is 28.3 Å². The summed E-state index contributed by atoms with van der Waals surface area (Å²) < 4.78 is 0. The highest BCUT2D eigenvalue weighted by atomic mass is 35.5. The molecule has 0 saturated carbocycles. The van der Waals surface area contributed by atoms with Crippen molar-refractivity contribution in [2.75, 3.05) is 10.6 Å². The first kappa shape index (κ1) is 15.6. The molecule has 0 fully saturated rings. The maximum Gasteiger partial charge on any atom is 0.325 e. The molecule has 2 rings (SSSR count). The van der Waals surface area contributed by atoms with Gasteiger partial charge in [-0.3, -0.25) is 10.1 Å². The van der Waals surface area contributed by atoms with Gasteiger partial charge in [-0.25, -0.2) is 9.78 Å². The molecule has 0 bridgehead atoms. The van der Waals surface area contributed by atoms with E-state index in [1.165, 1.54) is 6.07 Å². The summed E-state index contributed by atoms with van der Waals surface area (Å²) in [5.74, 6) is -0.984. The molecule has 0 aliphatic heterocycles. The predicted molar refractivity (Wildman–Crippen MR) is 82.6 cm³/mol. The number of aromatic nitrogens is 1. The Kier molecular flexibility index (Phi) is 5.00. The van der Waals surface area contributed by atoms with Crippen LogP contribution >= 0.6 is 34.5 Å². The summed E-state index contributed by atoms with van der Waals surface area (Å²) in [5, 5.41) is 16.3. The van der Waals surface area contributed by atoms with E-state index < -0.39 is 12.0 Å². The maximum absolute atomic E-state index is 11.8. The van der Waals surface area contributed by atoms with Crippen molar-refractivity contribution in [1.82, 2.24) is 4.98 Å². The van der Waals surface area contributed by atoms with E-state index in [9.17, 15) is 9.59 Å². The number of nitrogens with one attached hydrogen (secondary N) is 2. The minimum Gasteiger partial charge on any atom is -0.481 e. The van der Waals surface area contributed by atoms with Crippen molar-refractivity contribution in [2.45, 2.75) is 6.42 Å². The fourth-order valence-electron chi connectivity index (χ4n) is 1.44. The van der Waals surface area contributed by atoms with Crippen LogP contribution in [0.25, 0.3) is 0 Å². The van der Waals surface area contributed by atoms with Gasteiger partial charge in [0.2, 0.25) is 0 Å². The van der Waals surface area contributed by atoms with Crippen LogP contribution in [-0.2, 0) is 11.2 Å². The number of carbonyl (C=O) groups excluding carboxylic acids is 1. The molecule has 3 N–H and O–H groups in total. The zero-order valence-electron chi connectivity index (χ0n) is 10.4. The van der Waals surface area contributed by atoms with Crippen LogP contribution < -0.4 is 10.6 Å². The van der Waals surface area contributed by atoms with Crippen LogP contribution in [0.5, 0.6) is 0 Å². The number of carboxylic acid groups (broad SMARTS) is 1. The van der Waals surface area contributed by atoms with Gasteiger partial charge < -0.3 is 10.4 Å². The second-order valence-electron chi connectivity index (χ2n) is 3.92. The standard InChI is InChI=1S/C12H9Cl2N3O3S/c13-6-1-2-8(14)9(3-6)16-11(20)17-12-15-7(5-21-12)4-10(18)19/h1-3,5H,4H2,(H,18,19)(H2,15,16,17,20). The molecular weight excluding hydrogens is 337 g/mol. The summed E-state index contributed by atoms with van der Waals surface area (Å²) in [7, 11) is 0. The van der Waals surface area contributed by atoms with Crippen molar-refractivity contribution in [3.63, 3.8) is 0 Å². The van der Waals surface area contributed by atoms with E-state index in [-0.39, 0.29) is 6.42 Å². The van der Waals surface area contributed by atoms with Crippen LogP contribution in [0.1, 0.15) is 5.69 Å². The van der Waals surface area contributed by atoms with Crippen LogP contribution in [0.2, 0.25) is 10.0 Å². The van der Waals surface area contributed by atoms with E-state index in [0.29, 0.717) is 26.6 Å². The Morgan fingerprint density at radius 1 is 1.29 bits per heavy atom. The van der Waals surface area contributed by atoms with Gasteiger partial charge in [0.15, 0.2) is 5.13 Å². The van der Waals surface area contributed by atoms with Crippen molar-refractivity contribution < 1.29 is 14.7 Å². The summed E-state index contributed by atoms with van der Waals surface area (Å²) in [6, 6.07) is 4.14. The number of hydrogen-bond acceptors (Lipinski definition) is 4. The molecule has 1 aromatic heterocycles. The van der Waals surface area contributed by atoms with E-state index in [2.05, 4.69) is 15.6 Å². The zero-order valence-corrected chi connectivity index (χ0v) is 12.7. The van der Waals surface area contributed by atoms with Gasteiger partial charge in [-0.2, -0.15) is 0 Å². The zero-order chi connectivity index (χ0) is 15.4. The lowest BCUT2D eigenvalue weighted by Gasteiger charge is -2.07. The quantitative estimate of drug-likeness (QED) is 0.787. The van der Waals surface area contributed by atoms with Gasteiger partial charge in [-0.15, -0.1) is 11.3 Å². The second kappa shape index (κ2) is 6.75. The van der Waals surface area contributed by atoms with Crippen molar-refractivity contribution in [3.05, 3.63) is 39.3 Å². The monoisotopic (exact) mass is 345 g/mol. The molecule has 1 heterocycles. The average Bonchev–Trinajstić information content (AvgIpc) is 2.80. The van der Waals surface area contributed by atoms with Crippen molar-refractivity contribution >= 4 is 57.4 Å². The molecule has 0 atom stereocenters. The molecule has 0 aliphatic carbocycles. The number of hydrogen-bond donors (Lipinski definition) is 3. The summed E-state index contributed by atoms with van der Waals surface area (Å²) in [4.78, 5) is 26.3. The highest BCUT2D eigenvalue weighted by Crippen LogP contribution is 2.25. The normalized spacial score (nSPS) is 10.2. The van der Waals surface area contributed by atoms with Gasteiger partial charge in [0.05, 0.1) is 22.8 Å². The van der Waals surface area contributed by atoms with E-state index in [1.807, 2.05) is 0 Å². The van der Waals surface area contributed by atoms with Gasteiger partial charge >= 0.3 is 12.0 Å². The van der Waals surface area contributed by atoms with Crippen LogP contribution in [0.3, 0.4) is 0 Å². The molecule has 0 saturated heterocycles. The average molecular weight is 346 g/mol. The number of anilines is 2. The van der Waals surface area contributed by atoms with Crippen LogP contribution in [0.4, 0.5) is 15.6 Å². The number of amides is 2. The molecule has 110 valence electrons. The van der Waals surface area contributed by atoms with Crippen molar-refractivity contribution in [1.29, 1.82) is 0 Å². The molecule has 0 spiro atoms. The minimum absolute atomic E-state index is 0.195. The largest absolute Gasteiger partial charge is 0.481 e. The number of carbonyl (C=O) groups is 2. The number of thiazole rings is 1. The fraction of sp³-hybridized carbons (Fsp3) is 0.0833. The molecule has 2 aromatic rings. The Hall–Kier alpha value is -1.83. The molecule has 6 nitrogen and oxygen atoms in total. The molecular formula is C12H9Cl2N3O3S. The summed E-state index contributed by atoms with van der Waals surface area (Å²) >= 11 is 12.9. The van der Waals surface area contributed by atoms with Crippen LogP contribution in [-0.4, -0.2) is 22.1 Å². The number of halogens is 2. The highest BCUT2D eigenvalue weighted by Gasteiger charge is 2.10. The third kappa shape index (κ3) is 4.59. The van der Waals surface area contributed by atoms with Crippen LogP contribution in [0, 0.1) is 0 Å². The third-order valence-corrected chi connectivity index (χ3v) is 3.65. The summed E-state index contributed by atoms with van der Waals surface area (Å²) in [6.07, 6.45) is -0.195. The number of aliphatic carboxylic acids is 1. The lowest BCUT2D eigenvalue weighted by molar-refractivity contribution is -0.136. The Morgan fingerprint density at radius 2 is 2.05 bits per heavy atom. The van der Waals surface area contributed by atoms with Gasteiger partial charge in [-0.05, 0) is 18.2 Å². The van der Waals surface area contributed by atoms with Crippen LogP contribution in [0.15, 0.2) is 23.6 Å². The molecule has 2 amide bonds. The molecule has 9 heteroatoms. The smallest absolute Gasteiger partial charge is 0.325 e. The molecule has 0 aliphatic rings. The first-order chi connectivity index (χ1) is 9.94. The maximum atomic E-state index is 11.8. The van der Waals surface area contributed by atoms with Crippen molar-refractivity contribution in [3.8, 4) is 0 Å². The van der Waals surface area contributed by atoms with E-state index in [1.54, 1.807) is 17.5 Å².